The van der Waals surface area contributed by atoms with Gasteiger partial charge in [-0.3, -0.25) is 0 Å². The molecule has 5 heteroatoms. The maximum absolute atomic E-state index is 13.0. The number of nitrogens with zero attached hydrogens (tertiary/aromatic N) is 2. The van der Waals surface area contributed by atoms with Gasteiger partial charge in [-0.25, -0.2) is 10.2 Å². The number of hydrogen-bond acceptors (Lipinski definition) is 4. The summed E-state index contributed by atoms with van der Waals surface area (Å²) in [5, 5.41) is 10.00. The molecule has 3 aromatic rings. The van der Waals surface area contributed by atoms with Crippen LogP contribution in [0.3, 0.4) is 0 Å². The number of hydrazine groups is 1. The molecule has 0 saturated heterocycles. The predicted octanol–water partition coefficient (Wildman–Crippen LogP) is 2.72. The zero-order chi connectivity index (χ0) is 13.2. The predicted molar refractivity (Wildman–Crippen MR) is 72.7 cm³/mol. The number of aromatic nitrogens is 2. The first-order valence-electron chi connectivity index (χ1n) is 5.77. The molecule has 2 aromatic carbocycles. The van der Waals surface area contributed by atoms with E-state index in [1.165, 1.54) is 12.1 Å². The van der Waals surface area contributed by atoms with Crippen LogP contribution in [0.15, 0.2) is 48.5 Å². The van der Waals surface area contributed by atoms with E-state index in [0.29, 0.717) is 11.5 Å². The van der Waals surface area contributed by atoms with Crippen molar-refractivity contribution in [1.82, 2.24) is 10.2 Å². The number of nitrogen functional groups attached to an aromatic ring is 1. The molecule has 0 aliphatic carbocycles. The lowest BCUT2D eigenvalue weighted by molar-refractivity contribution is 0.628. The fourth-order valence-electron chi connectivity index (χ4n) is 2.03. The summed E-state index contributed by atoms with van der Waals surface area (Å²) < 4.78 is 13.0. The molecule has 0 bridgehead atoms. The Morgan fingerprint density at radius 3 is 2.26 bits per heavy atom. The summed E-state index contributed by atoms with van der Waals surface area (Å²) in [6.45, 7) is 0. The minimum Gasteiger partial charge on any atom is -0.306 e. The minimum atomic E-state index is -0.277. The summed E-state index contributed by atoms with van der Waals surface area (Å²) in [5.41, 5.74) is 4.04. The fraction of sp³-hybridized carbons (Fsp3) is 0. The normalized spacial score (nSPS) is 10.6. The van der Waals surface area contributed by atoms with Crippen LogP contribution in [0.5, 0.6) is 0 Å². The summed E-state index contributed by atoms with van der Waals surface area (Å²) in [6, 6.07) is 13.8. The highest BCUT2D eigenvalue weighted by Gasteiger charge is 2.09. The SMILES string of the molecule is NNc1nnc(-c2ccc(F)cc2)c2ccccc12. The highest BCUT2D eigenvalue weighted by Crippen LogP contribution is 2.29. The van der Waals surface area contributed by atoms with Gasteiger partial charge in [-0.1, -0.05) is 24.3 Å². The summed E-state index contributed by atoms with van der Waals surface area (Å²) >= 11 is 0. The second-order valence-corrected chi connectivity index (χ2v) is 4.09. The van der Waals surface area contributed by atoms with Crippen molar-refractivity contribution < 1.29 is 4.39 Å². The van der Waals surface area contributed by atoms with E-state index in [1.807, 2.05) is 24.3 Å². The molecule has 0 fully saturated rings. The van der Waals surface area contributed by atoms with Gasteiger partial charge in [0.2, 0.25) is 0 Å². The number of fused-ring (bicyclic) bond motifs is 1. The number of halogens is 1. The maximum Gasteiger partial charge on any atom is 0.170 e. The molecule has 1 heterocycles. The molecule has 0 spiro atoms. The average Bonchev–Trinajstić information content (AvgIpc) is 2.47. The van der Waals surface area contributed by atoms with Gasteiger partial charge in [-0.05, 0) is 24.3 Å². The molecule has 19 heavy (non-hydrogen) atoms. The zero-order valence-corrected chi connectivity index (χ0v) is 9.97. The van der Waals surface area contributed by atoms with Crippen molar-refractivity contribution in [3.05, 3.63) is 54.3 Å². The van der Waals surface area contributed by atoms with Gasteiger partial charge in [-0.2, -0.15) is 0 Å². The standard InChI is InChI=1S/C14H11FN4/c15-10-7-5-9(6-8-10)13-11-3-1-2-4-12(11)14(17-16)19-18-13/h1-8H,16H2,(H,17,19). The molecule has 0 amide bonds. The van der Waals surface area contributed by atoms with Gasteiger partial charge in [-0.15, -0.1) is 10.2 Å². The highest BCUT2D eigenvalue weighted by atomic mass is 19.1. The van der Waals surface area contributed by atoms with Gasteiger partial charge in [0.25, 0.3) is 0 Å². The molecule has 1 aromatic heterocycles. The van der Waals surface area contributed by atoms with Crippen LogP contribution < -0.4 is 11.3 Å². The van der Waals surface area contributed by atoms with Crippen molar-refractivity contribution in [2.45, 2.75) is 0 Å². The lowest BCUT2D eigenvalue weighted by atomic mass is 10.0. The van der Waals surface area contributed by atoms with Crippen molar-refractivity contribution in [2.75, 3.05) is 5.43 Å². The van der Waals surface area contributed by atoms with E-state index in [0.717, 1.165) is 16.3 Å². The maximum atomic E-state index is 13.0. The number of nitrogens with one attached hydrogen (secondary N) is 1. The van der Waals surface area contributed by atoms with Gasteiger partial charge < -0.3 is 5.43 Å². The second-order valence-electron chi connectivity index (χ2n) is 4.09. The quantitative estimate of drug-likeness (QED) is 0.545. The van der Waals surface area contributed by atoms with Gasteiger partial charge in [0.15, 0.2) is 5.82 Å². The Kier molecular flexibility index (Phi) is 2.81. The van der Waals surface area contributed by atoms with Gasteiger partial charge in [0.1, 0.15) is 11.5 Å². The van der Waals surface area contributed by atoms with E-state index < -0.39 is 0 Å². The summed E-state index contributed by atoms with van der Waals surface area (Å²) in [6.07, 6.45) is 0. The van der Waals surface area contributed by atoms with Crippen LogP contribution in [0.4, 0.5) is 10.2 Å². The number of rotatable bonds is 2. The first-order valence-corrected chi connectivity index (χ1v) is 5.77. The van der Waals surface area contributed by atoms with Crippen LogP contribution >= 0.6 is 0 Å². The van der Waals surface area contributed by atoms with Crippen molar-refractivity contribution in [3.8, 4) is 11.3 Å². The Morgan fingerprint density at radius 2 is 1.58 bits per heavy atom. The first kappa shape index (κ1) is 11.6. The lowest BCUT2D eigenvalue weighted by Crippen LogP contribution is -2.10. The molecule has 94 valence electrons. The Bertz CT molecular complexity index is 725. The Balaban J connectivity index is 2.27. The van der Waals surface area contributed by atoms with Crippen LogP contribution in [0.1, 0.15) is 0 Å². The molecular formula is C14H11FN4. The topological polar surface area (TPSA) is 63.8 Å². The Labute approximate surface area is 109 Å². The van der Waals surface area contributed by atoms with E-state index in [1.54, 1.807) is 12.1 Å². The van der Waals surface area contributed by atoms with E-state index in [4.69, 9.17) is 5.84 Å². The summed E-state index contributed by atoms with van der Waals surface area (Å²) in [5.74, 6) is 5.66. The third-order valence-corrected chi connectivity index (χ3v) is 2.94. The molecule has 0 radical (unpaired) electrons. The largest absolute Gasteiger partial charge is 0.306 e. The minimum absolute atomic E-state index is 0.277. The van der Waals surface area contributed by atoms with Gasteiger partial charge >= 0.3 is 0 Å². The van der Waals surface area contributed by atoms with E-state index in [-0.39, 0.29) is 5.82 Å². The van der Waals surface area contributed by atoms with Crippen molar-refractivity contribution in [2.24, 2.45) is 5.84 Å². The van der Waals surface area contributed by atoms with Crippen LogP contribution in [-0.4, -0.2) is 10.2 Å². The third-order valence-electron chi connectivity index (χ3n) is 2.94. The van der Waals surface area contributed by atoms with Crippen LogP contribution in [-0.2, 0) is 0 Å². The van der Waals surface area contributed by atoms with E-state index in [9.17, 15) is 4.39 Å². The molecule has 0 atom stereocenters. The number of nitrogens with two attached hydrogens (primary N) is 1. The number of hydrogen-bond donors (Lipinski definition) is 2. The molecule has 4 nitrogen and oxygen atoms in total. The number of anilines is 1. The molecule has 0 aliphatic heterocycles. The smallest absolute Gasteiger partial charge is 0.170 e. The molecular weight excluding hydrogens is 243 g/mol. The van der Waals surface area contributed by atoms with Crippen molar-refractivity contribution in [3.63, 3.8) is 0 Å². The van der Waals surface area contributed by atoms with Crippen LogP contribution in [0.2, 0.25) is 0 Å². The van der Waals surface area contributed by atoms with E-state index in [2.05, 4.69) is 15.6 Å². The molecule has 3 rings (SSSR count). The molecule has 0 aliphatic rings. The van der Waals surface area contributed by atoms with E-state index >= 15 is 0 Å². The van der Waals surface area contributed by atoms with Gasteiger partial charge in [0.05, 0.1) is 0 Å². The van der Waals surface area contributed by atoms with Crippen LogP contribution in [0, 0.1) is 5.82 Å². The third kappa shape index (κ3) is 2.00. The highest BCUT2D eigenvalue weighted by molar-refractivity contribution is 5.99. The first-order chi connectivity index (χ1) is 9.29. The van der Waals surface area contributed by atoms with Crippen LogP contribution in [0.25, 0.3) is 22.0 Å². The second kappa shape index (κ2) is 4.62. The monoisotopic (exact) mass is 254 g/mol. The molecule has 3 N–H and O–H groups in total. The number of benzene rings is 2. The average molecular weight is 254 g/mol. The zero-order valence-electron chi connectivity index (χ0n) is 9.97. The summed E-state index contributed by atoms with van der Waals surface area (Å²) in [7, 11) is 0. The molecule has 0 saturated carbocycles. The van der Waals surface area contributed by atoms with Crippen molar-refractivity contribution >= 4 is 16.6 Å². The Morgan fingerprint density at radius 1 is 0.895 bits per heavy atom. The van der Waals surface area contributed by atoms with Crippen molar-refractivity contribution in [1.29, 1.82) is 0 Å². The van der Waals surface area contributed by atoms with Gasteiger partial charge in [0, 0.05) is 16.3 Å². The lowest BCUT2D eigenvalue weighted by Gasteiger charge is -2.08. The Hall–Kier alpha value is -2.53. The molecule has 0 unspecified atom stereocenters. The summed E-state index contributed by atoms with van der Waals surface area (Å²) in [4.78, 5) is 0. The fourth-order valence-corrected chi connectivity index (χ4v) is 2.03.